The zero-order valence-corrected chi connectivity index (χ0v) is 51.9. The molecule has 0 aliphatic rings. The van der Waals surface area contributed by atoms with Crippen LogP contribution in [0.15, 0.2) is 134 Å². The quantitative estimate of drug-likeness (QED) is 0.0189. The molecule has 3 N–H and O–H groups in total. The molecule has 0 aliphatic heterocycles. The van der Waals surface area contributed by atoms with Gasteiger partial charge in [-0.15, -0.1) is 6.07 Å². The van der Waals surface area contributed by atoms with Crippen molar-refractivity contribution in [3.63, 3.8) is 0 Å². The van der Waals surface area contributed by atoms with Crippen molar-refractivity contribution in [2.45, 2.75) is 12.2 Å². The standard InChI is InChI=1S/C29H28O13.C23H15O10.C4H9BrO2.2Na.H2O/c1-35-9-11-37-28(33)24-13-18(31)26-20(5-3-7-22(26)41-24)39-15-17(30)16-40-21-6-4-8-23-27(21)19(32)14-25(42-23)29(34)38-12-10-36-2;24-9-13-7-14(26)21-16(3-1-5-18(21)32-13)30-10-12(25)11-31-17-4-2-6-19-22(17)15(27)8-20(33-19)23(28)29;1-6-2-3-7-4-5;;;/h3-8,13-14,17,30H,9-12,15-16H2,1-2H3;1-8,12,25H,10-11H2,(H,28,29);2-4H2,1H3;;;1H2/q;-1;;2*+1;/p-2. The number of carboxylic acids is 1. The second-order valence-electron chi connectivity index (χ2n) is 16.6. The topological polar surface area (TPSA) is 375 Å². The van der Waals surface area contributed by atoms with Crippen LogP contribution in [0.1, 0.15) is 37.4 Å². The number of carboxylic acid groups (broad SMARTS) is 1. The zero-order chi connectivity index (χ0) is 59.1. The summed E-state index contributed by atoms with van der Waals surface area (Å²) < 4.78 is 73.0. The second kappa shape index (κ2) is 36.9. The van der Waals surface area contributed by atoms with Crippen LogP contribution in [0.2, 0.25) is 0 Å². The summed E-state index contributed by atoms with van der Waals surface area (Å²) in [7, 11) is 4.57. The van der Waals surface area contributed by atoms with Gasteiger partial charge in [0, 0.05) is 51.6 Å². The van der Waals surface area contributed by atoms with Crippen molar-refractivity contribution in [3.8, 4) is 23.0 Å². The minimum absolute atomic E-state index is 0. The summed E-state index contributed by atoms with van der Waals surface area (Å²) >= 11 is 3.10. The summed E-state index contributed by atoms with van der Waals surface area (Å²) in [6.45, 7) is 0.589. The van der Waals surface area contributed by atoms with Crippen LogP contribution in [0.4, 0.5) is 0 Å². The number of esters is 2. The molecule has 4 aromatic heterocycles. The monoisotopic (exact) mass is 1270 g/mol. The fourth-order valence-electron chi connectivity index (χ4n) is 7.16. The molecule has 29 heteroatoms. The molecule has 4 aromatic carbocycles. The Labute approximate surface area is 533 Å². The van der Waals surface area contributed by atoms with E-state index in [9.17, 15) is 53.7 Å². The van der Waals surface area contributed by atoms with E-state index >= 15 is 0 Å². The van der Waals surface area contributed by atoms with Gasteiger partial charge >= 0.3 is 71.1 Å². The second-order valence-corrected chi connectivity index (χ2v) is 17.1. The first kappa shape index (κ1) is 72.5. The molecular formula is C56H52BrNa2O26-. The predicted molar refractivity (Wildman–Crippen MR) is 291 cm³/mol. The molecule has 85 heavy (non-hydrogen) atoms. The SMILES string of the molecule is COCCOC(=O)c1cc(=O)c2c(OCC(O)COc3cccc4oc(C(=O)OCCOC)cc(=O)c34)cccc2o1.COCCOCBr.O=[C-]c1cc(=O)c2c(OCC(O)COc3cccc4oc(C(=O)[O-])cc(=O)c34)cccc2o1.[Na+].[Na+].[OH-]. The van der Waals surface area contributed by atoms with Gasteiger partial charge in [0.25, 0.3) is 0 Å². The Balaban J connectivity index is 0.000000395. The number of hydrogen-bond acceptors (Lipinski definition) is 26. The Hall–Kier alpha value is -6.80. The minimum Gasteiger partial charge on any atom is -0.870 e. The third-order valence-electron chi connectivity index (χ3n) is 10.8. The van der Waals surface area contributed by atoms with Crippen molar-refractivity contribution in [2.24, 2.45) is 0 Å². The van der Waals surface area contributed by atoms with E-state index in [4.69, 9.17) is 65.0 Å². The normalized spacial score (nSPS) is 10.9. The number of aromatic carboxylic acids is 1. The summed E-state index contributed by atoms with van der Waals surface area (Å²) in [5.41, 5.74) is -1.34. The Kier molecular flexibility index (Phi) is 31.5. The van der Waals surface area contributed by atoms with Crippen LogP contribution >= 0.6 is 15.9 Å². The number of ether oxygens (including phenoxy) is 10. The maximum absolute atomic E-state index is 12.8. The van der Waals surface area contributed by atoms with Gasteiger partial charge in [-0.1, -0.05) is 40.2 Å². The molecule has 26 nitrogen and oxygen atoms in total. The Morgan fingerprint density at radius 2 is 0.824 bits per heavy atom. The number of aliphatic hydroxyl groups excluding tert-OH is 2. The van der Waals surface area contributed by atoms with E-state index in [1.807, 2.05) is 0 Å². The number of alkyl halides is 1. The molecule has 4 heterocycles. The number of halogens is 1. The van der Waals surface area contributed by atoms with Crippen LogP contribution in [0, 0.1) is 0 Å². The molecule has 1 atom stereocenters. The van der Waals surface area contributed by atoms with Gasteiger partial charge in [-0.25, -0.2) is 9.59 Å². The predicted octanol–water partition coefficient (Wildman–Crippen LogP) is -2.30. The van der Waals surface area contributed by atoms with Gasteiger partial charge in [0.1, 0.15) is 130 Å². The van der Waals surface area contributed by atoms with Crippen molar-refractivity contribution in [1.82, 2.24) is 0 Å². The van der Waals surface area contributed by atoms with E-state index in [1.165, 1.54) is 75.1 Å². The van der Waals surface area contributed by atoms with E-state index < -0.39 is 57.6 Å². The molecule has 0 aliphatic carbocycles. The molecule has 8 aromatic rings. The Bertz CT molecular complexity index is 3620. The number of fused-ring (bicyclic) bond motifs is 4. The molecular weight excluding hydrogens is 1210 g/mol. The van der Waals surface area contributed by atoms with Crippen LogP contribution in [0.5, 0.6) is 23.0 Å². The van der Waals surface area contributed by atoms with Gasteiger partial charge in [0.05, 0.1) is 31.8 Å². The fourth-order valence-corrected chi connectivity index (χ4v) is 7.39. The number of methoxy groups -OCH3 is 3. The van der Waals surface area contributed by atoms with Crippen LogP contribution in [0.25, 0.3) is 43.9 Å². The molecule has 0 saturated heterocycles. The van der Waals surface area contributed by atoms with Crippen molar-refractivity contribution < 1.29 is 164 Å². The largest absolute Gasteiger partial charge is 1.00 e. The van der Waals surface area contributed by atoms with E-state index in [0.29, 0.717) is 18.7 Å². The van der Waals surface area contributed by atoms with Crippen LogP contribution in [-0.2, 0) is 33.2 Å². The molecule has 0 radical (unpaired) electrons. The number of aliphatic hydroxyl groups is 2. The van der Waals surface area contributed by atoms with Crippen LogP contribution in [0.3, 0.4) is 0 Å². The summed E-state index contributed by atoms with van der Waals surface area (Å²) in [6, 6.07) is 21.8. The molecule has 442 valence electrons. The first-order chi connectivity index (χ1) is 39.6. The third-order valence-corrected chi connectivity index (χ3v) is 11.2. The van der Waals surface area contributed by atoms with E-state index in [1.54, 1.807) is 25.3 Å². The summed E-state index contributed by atoms with van der Waals surface area (Å²) in [5, 5.41) is 32.0. The smallest absolute Gasteiger partial charge is 0.870 e. The van der Waals surface area contributed by atoms with Gasteiger partial charge in [0.2, 0.25) is 11.5 Å². The van der Waals surface area contributed by atoms with E-state index in [2.05, 4.69) is 15.9 Å². The number of carbonyl (C=O) groups is 3. The number of hydrogen-bond donors (Lipinski definition) is 2. The van der Waals surface area contributed by atoms with Crippen molar-refractivity contribution in [2.75, 3.05) is 92.9 Å². The van der Waals surface area contributed by atoms with E-state index in [0.717, 1.165) is 24.3 Å². The zero-order valence-electron chi connectivity index (χ0n) is 46.3. The number of carbonyl (C=O) groups excluding carboxylic acids is 4. The first-order valence-corrected chi connectivity index (χ1v) is 25.4. The van der Waals surface area contributed by atoms with Gasteiger partial charge in [0.15, 0.2) is 22.0 Å². The first-order valence-electron chi connectivity index (χ1n) is 24.3. The van der Waals surface area contributed by atoms with Crippen LogP contribution < -0.4 is 105 Å². The molecule has 0 bridgehead atoms. The van der Waals surface area contributed by atoms with Crippen molar-refractivity contribution in [3.05, 3.63) is 161 Å². The summed E-state index contributed by atoms with van der Waals surface area (Å²) in [5.74, 6) is -4.21. The van der Waals surface area contributed by atoms with Crippen LogP contribution in [-0.4, -0.2) is 145 Å². The summed E-state index contributed by atoms with van der Waals surface area (Å²) in [6.07, 6.45) is -0.836. The third kappa shape index (κ3) is 20.7. The Morgan fingerprint density at radius 1 is 0.506 bits per heavy atom. The van der Waals surface area contributed by atoms with Gasteiger partial charge in [-0.3, -0.25) is 14.4 Å². The van der Waals surface area contributed by atoms with Gasteiger partial charge in [-0.2, -0.15) is 0 Å². The van der Waals surface area contributed by atoms with Gasteiger partial charge < -0.3 is 100 Å². The maximum Gasteiger partial charge on any atom is 1.00 e. The maximum atomic E-state index is 12.8. The minimum atomic E-state index is -1.63. The van der Waals surface area contributed by atoms with E-state index in [-0.39, 0.29) is 202 Å². The van der Waals surface area contributed by atoms with Crippen molar-refractivity contribution in [1.29, 1.82) is 0 Å². The molecule has 0 spiro atoms. The van der Waals surface area contributed by atoms with Gasteiger partial charge in [-0.05, 0) is 48.5 Å². The number of rotatable bonds is 26. The molecule has 0 saturated carbocycles. The van der Waals surface area contributed by atoms with Crippen molar-refractivity contribution >= 4 is 84.0 Å². The summed E-state index contributed by atoms with van der Waals surface area (Å²) in [4.78, 5) is 96.1. The average Bonchev–Trinajstić information content (AvgIpc) is 3.60. The average molecular weight is 1270 g/mol. The molecule has 1 unspecified atom stereocenters. The molecule has 0 amide bonds. The fraction of sp³-hybridized carbons (Fsp3) is 0.286. The number of benzene rings is 4. The molecule has 0 fully saturated rings. The Morgan fingerprint density at radius 3 is 1.15 bits per heavy atom. The molecule has 8 rings (SSSR count).